The predicted octanol–water partition coefficient (Wildman–Crippen LogP) is 2.45. The number of sulfonamides is 1. The lowest BCUT2D eigenvalue weighted by atomic mass is 10.2. The minimum absolute atomic E-state index is 0.142. The average Bonchev–Trinajstić information content (AvgIpc) is 3.52. The van der Waals surface area contributed by atoms with Crippen LogP contribution in [0.2, 0.25) is 0 Å². The second-order valence-electron chi connectivity index (χ2n) is 8.06. The highest BCUT2D eigenvalue weighted by molar-refractivity contribution is 7.92. The standard InChI is InChI=1S/C23H17N7O4S2/c31-22-13-2-1-3-16(6-13)36(33,34)29-18-7-14(9-25-23(18)32)19-8-17-21(35-19)20(27-12-26-17)15-10-28-30(11-15)5-4-24-22/h1-3,6-12,29H,4-5H2,(H,24,31)(H,25,32). The molecule has 6 rings (SSSR count). The Bertz CT molecular complexity index is 1820. The first kappa shape index (κ1) is 22.1. The summed E-state index contributed by atoms with van der Waals surface area (Å²) in [5, 5.41) is 7.15. The smallest absolute Gasteiger partial charge is 0.272 e. The molecule has 5 aromatic rings. The Morgan fingerprint density at radius 3 is 2.81 bits per heavy atom. The zero-order valence-electron chi connectivity index (χ0n) is 18.4. The number of pyridine rings is 1. The highest BCUT2D eigenvalue weighted by Gasteiger charge is 2.20. The number of nitrogens with one attached hydrogen (secondary N) is 3. The molecule has 0 radical (unpaired) electrons. The number of amides is 1. The van der Waals surface area contributed by atoms with Gasteiger partial charge in [-0.1, -0.05) is 6.07 Å². The Hall–Kier alpha value is -4.36. The molecule has 4 aromatic heterocycles. The molecule has 3 N–H and O–H groups in total. The van der Waals surface area contributed by atoms with Gasteiger partial charge in [-0.2, -0.15) is 5.10 Å². The van der Waals surface area contributed by atoms with Crippen LogP contribution in [0.1, 0.15) is 10.4 Å². The monoisotopic (exact) mass is 519 g/mol. The molecule has 1 aromatic carbocycles. The van der Waals surface area contributed by atoms with Gasteiger partial charge in [0.05, 0.1) is 33.5 Å². The van der Waals surface area contributed by atoms with Gasteiger partial charge in [0.25, 0.3) is 21.5 Å². The number of anilines is 1. The van der Waals surface area contributed by atoms with Crippen molar-refractivity contribution in [3.8, 4) is 21.7 Å². The quantitative estimate of drug-likeness (QED) is 0.284. The van der Waals surface area contributed by atoms with Gasteiger partial charge in [-0.3, -0.25) is 19.0 Å². The summed E-state index contributed by atoms with van der Waals surface area (Å²) in [4.78, 5) is 37.2. The molecule has 1 aliphatic rings. The van der Waals surface area contributed by atoms with E-state index >= 15 is 0 Å². The van der Waals surface area contributed by atoms with Gasteiger partial charge in [0, 0.05) is 40.5 Å². The van der Waals surface area contributed by atoms with Crippen LogP contribution in [0, 0.1) is 0 Å². The number of carbonyl (C=O) groups excluding carboxylic acids is 1. The summed E-state index contributed by atoms with van der Waals surface area (Å²) in [7, 11) is -4.15. The molecule has 0 aliphatic carbocycles. The number of thiophene rings is 1. The third-order valence-electron chi connectivity index (χ3n) is 5.68. The number of H-pyrrole nitrogens is 1. The van der Waals surface area contributed by atoms with Crippen molar-refractivity contribution in [2.75, 3.05) is 11.3 Å². The third kappa shape index (κ3) is 3.93. The lowest BCUT2D eigenvalue weighted by Gasteiger charge is -2.10. The van der Waals surface area contributed by atoms with E-state index in [4.69, 9.17) is 0 Å². The Morgan fingerprint density at radius 1 is 1.03 bits per heavy atom. The van der Waals surface area contributed by atoms with E-state index in [1.54, 1.807) is 10.9 Å². The lowest BCUT2D eigenvalue weighted by Crippen LogP contribution is -2.27. The van der Waals surface area contributed by atoms with E-state index in [-0.39, 0.29) is 22.7 Å². The third-order valence-corrected chi connectivity index (χ3v) is 8.23. The molecular weight excluding hydrogens is 502 g/mol. The number of aromatic amines is 1. The number of nitrogens with zero attached hydrogens (tertiary/aromatic N) is 4. The molecule has 36 heavy (non-hydrogen) atoms. The van der Waals surface area contributed by atoms with E-state index in [9.17, 15) is 18.0 Å². The zero-order chi connectivity index (χ0) is 24.9. The number of carbonyl (C=O) groups is 1. The maximum atomic E-state index is 13.1. The summed E-state index contributed by atoms with van der Waals surface area (Å²) in [5.41, 5.74) is 2.23. The van der Waals surface area contributed by atoms with Crippen molar-refractivity contribution < 1.29 is 13.2 Å². The van der Waals surface area contributed by atoms with Crippen LogP contribution in [-0.2, 0) is 16.6 Å². The first-order valence-electron chi connectivity index (χ1n) is 10.8. The summed E-state index contributed by atoms with van der Waals surface area (Å²) in [6, 6.07) is 8.94. The maximum Gasteiger partial charge on any atom is 0.272 e. The highest BCUT2D eigenvalue weighted by atomic mass is 32.2. The molecule has 180 valence electrons. The van der Waals surface area contributed by atoms with E-state index < -0.39 is 21.5 Å². The van der Waals surface area contributed by atoms with Crippen LogP contribution in [0.5, 0.6) is 0 Å². The summed E-state index contributed by atoms with van der Waals surface area (Å²) in [6.07, 6.45) is 6.54. The molecule has 11 nitrogen and oxygen atoms in total. The average molecular weight is 520 g/mol. The highest BCUT2D eigenvalue weighted by Crippen LogP contribution is 2.37. The minimum Gasteiger partial charge on any atom is -0.350 e. The van der Waals surface area contributed by atoms with E-state index in [1.807, 2.05) is 12.3 Å². The number of fused-ring (bicyclic) bond motifs is 9. The van der Waals surface area contributed by atoms with Gasteiger partial charge in [-0.05, 0) is 30.3 Å². The van der Waals surface area contributed by atoms with Gasteiger partial charge < -0.3 is 10.3 Å². The number of hydrogen-bond donors (Lipinski definition) is 3. The summed E-state index contributed by atoms with van der Waals surface area (Å²) in [6.45, 7) is 0.682. The van der Waals surface area contributed by atoms with Crippen LogP contribution in [0.15, 0.2) is 71.0 Å². The Kier molecular flexibility index (Phi) is 5.16. The van der Waals surface area contributed by atoms with Crippen LogP contribution < -0.4 is 15.6 Å². The van der Waals surface area contributed by atoms with Crippen molar-refractivity contribution in [2.24, 2.45) is 0 Å². The van der Waals surface area contributed by atoms with Crippen molar-refractivity contribution >= 4 is 43.2 Å². The van der Waals surface area contributed by atoms with Crippen molar-refractivity contribution in [3.63, 3.8) is 0 Å². The first-order valence-corrected chi connectivity index (χ1v) is 13.1. The van der Waals surface area contributed by atoms with E-state index in [2.05, 4.69) is 30.1 Å². The van der Waals surface area contributed by atoms with Gasteiger partial charge in [0.2, 0.25) is 0 Å². The zero-order valence-corrected chi connectivity index (χ0v) is 20.1. The number of rotatable bonds is 0. The number of aromatic nitrogens is 5. The molecule has 1 aliphatic heterocycles. The molecule has 1 amide bonds. The summed E-state index contributed by atoms with van der Waals surface area (Å²) < 4.78 is 31.0. The Morgan fingerprint density at radius 2 is 1.92 bits per heavy atom. The molecule has 0 atom stereocenters. The fourth-order valence-electron chi connectivity index (χ4n) is 3.91. The molecule has 0 saturated carbocycles. The molecule has 0 fully saturated rings. The van der Waals surface area contributed by atoms with Crippen LogP contribution in [0.25, 0.3) is 31.9 Å². The van der Waals surface area contributed by atoms with Crippen molar-refractivity contribution in [1.29, 1.82) is 0 Å². The predicted molar refractivity (Wildman–Crippen MR) is 134 cm³/mol. The second-order valence-corrected chi connectivity index (χ2v) is 10.8. The second kappa shape index (κ2) is 8.39. The fraction of sp³-hybridized carbons (Fsp3) is 0.0870. The summed E-state index contributed by atoms with van der Waals surface area (Å²) >= 11 is 1.42. The van der Waals surface area contributed by atoms with E-state index in [0.717, 1.165) is 15.1 Å². The largest absolute Gasteiger partial charge is 0.350 e. The lowest BCUT2D eigenvalue weighted by molar-refractivity contribution is 0.0951. The van der Waals surface area contributed by atoms with E-state index in [0.29, 0.717) is 23.3 Å². The van der Waals surface area contributed by atoms with Crippen LogP contribution >= 0.6 is 11.3 Å². The molecule has 0 saturated heterocycles. The molecule has 0 spiro atoms. The fourth-order valence-corrected chi connectivity index (χ4v) is 6.11. The van der Waals surface area contributed by atoms with Gasteiger partial charge >= 0.3 is 0 Å². The molecule has 13 heteroatoms. The van der Waals surface area contributed by atoms with Gasteiger partial charge in [0.15, 0.2) is 0 Å². The maximum absolute atomic E-state index is 13.1. The first-order chi connectivity index (χ1) is 17.4. The topological polar surface area (TPSA) is 152 Å². The molecular formula is C23H17N7O4S2. The van der Waals surface area contributed by atoms with Crippen LogP contribution in [-0.4, -0.2) is 45.6 Å². The molecule has 5 heterocycles. The molecule has 8 bridgehead atoms. The van der Waals surface area contributed by atoms with E-state index in [1.165, 1.54) is 54.2 Å². The van der Waals surface area contributed by atoms with Crippen LogP contribution in [0.3, 0.4) is 0 Å². The van der Waals surface area contributed by atoms with Crippen molar-refractivity contribution in [2.45, 2.75) is 11.4 Å². The van der Waals surface area contributed by atoms with Gasteiger partial charge in [-0.25, -0.2) is 18.4 Å². The van der Waals surface area contributed by atoms with Gasteiger partial charge in [-0.15, -0.1) is 11.3 Å². The van der Waals surface area contributed by atoms with Crippen molar-refractivity contribution in [1.82, 2.24) is 30.0 Å². The number of hydrogen-bond acceptors (Lipinski definition) is 8. The van der Waals surface area contributed by atoms with Gasteiger partial charge in [0.1, 0.15) is 12.0 Å². The minimum atomic E-state index is -4.15. The summed E-state index contributed by atoms with van der Waals surface area (Å²) in [5.74, 6) is -0.430. The molecule has 0 unspecified atom stereocenters. The Labute approximate surface area is 207 Å². The SMILES string of the molecule is O=C1NCCn2cc(cn2)-c2ncnc3cc(sc23)-c2c[nH]c(=O)c(c2)NS(=O)(=O)c2cccc1c2. The van der Waals surface area contributed by atoms with Crippen molar-refractivity contribution in [3.05, 3.63) is 77.2 Å². The number of benzene rings is 1. The Balaban J connectivity index is 1.53. The van der Waals surface area contributed by atoms with Crippen LogP contribution in [0.4, 0.5) is 5.69 Å². The normalized spacial score (nSPS) is 14.9.